The van der Waals surface area contributed by atoms with Gasteiger partial charge in [-0.05, 0) is 38.8 Å². The van der Waals surface area contributed by atoms with Gasteiger partial charge in [0.25, 0.3) is 0 Å². The molecule has 1 N–H and O–H groups in total. The van der Waals surface area contributed by atoms with Crippen molar-refractivity contribution in [3.63, 3.8) is 0 Å². The van der Waals surface area contributed by atoms with Crippen molar-refractivity contribution in [2.24, 2.45) is 0 Å². The van der Waals surface area contributed by atoms with E-state index in [1.54, 1.807) is 0 Å². The van der Waals surface area contributed by atoms with Crippen molar-refractivity contribution in [3.8, 4) is 0 Å². The Balaban J connectivity index is 0.00000112. The molecule has 0 bridgehead atoms. The van der Waals surface area contributed by atoms with Crippen LogP contribution < -0.4 is 0 Å². The third kappa shape index (κ3) is 2.28. The van der Waals surface area contributed by atoms with Gasteiger partial charge in [0, 0.05) is 0 Å². The SMILES string of the molecule is Cl.O=C(O)C1(N2CCCC2)CCCCC1. The summed E-state index contributed by atoms with van der Waals surface area (Å²) in [5, 5.41) is 9.41. The van der Waals surface area contributed by atoms with E-state index in [9.17, 15) is 9.90 Å². The highest BCUT2D eigenvalue weighted by atomic mass is 35.5. The number of halogens is 1. The number of carboxylic acid groups (broad SMARTS) is 1. The van der Waals surface area contributed by atoms with Gasteiger partial charge in [-0.25, -0.2) is 0 Å². The van der Waals surface area contributed by atoms with E-state index >= 15 is 0 Å². The molecule has 0 spiro atoms. The van der Waals surface area contributed by atoms with Crippen LogP contribution in [0.2, 0.25) is 0 Å². The monoisotopic (exact) mass is 233 g/mol. The Morgan fingerprint density at radius 2 is 1.53 bits per heavy atom. The maximum Gasteiger partial charge on any atom is 0.324 e. The summed E-state index contributed by atoms with van der Waals surface area (Å²) in [5.41, 5.74) is -0.491. The van der Waals surface area contributed by atoms with Crippen LogP contribution in [0, 0.1) is 0 Å². The lowest BCUT2D eigenvalue weighted by Crippen LogP contribution is -2.54. The number of carbonyl (C=O) groups is 1. The summed E-state index contributed by atoms with van der Waals surface area (Å²) in [7, 11) is 0. The average molecular weight is 234 g/mol. The van der Waals surface area contributed by atoms with E-state index in [0.717, 1.165) is 38.8 Å². The summed E-state index contributed by atoms with van der Waals surface area (Å²) in [6.07, 6.45) is 7.46. The van der Waals surface area contributed by atoms with Gasteiger partial charge in [-0.2, -0.15) is 0 Å². The topological polar surface area (TPSA) is 40.5 Å². The van der Waals surface area contributed by atoms with E-state index in [4.69, 9.17) is 0 Å². The molecule has 3 nitrogen and oxygen atoms in total. The normalized spacial score (nSPS) is 25.9. The first-order chi connectivity index (χ1) is 6.76. The standard InChI is InChI=1S/C11H19NO2.ClH/c13-10(14)11(6-2-1-3-7-11)12-8-4-5-9-12;/h1-9H2,(H,13,14);1H. The summed E-state index contributed by atoms with van der Waals surface area (Å²) >= 11 is 0. The molecule has 2 rings (SSSR count). The fraction of sp³-hybridized carbons (Fsp3) is 0.909. The second kappa shape index (κ2) is 5.17. The second-order valence-corrected chi connectivity index (χ2v) is 4.59. The lowest BCUT2D eigenvalue weighted by molar-refractivity contribution is -0.153. The number of likely N-dealkylation sites (tertiary alicyclic amines) is 1. The molecule has 0 atom stereocenters. The predicted molar refractivity (Wildman–Crippen MR) is 61.5 cm³/mol. The van der Waals surface area contributed by atoms with Crippen LogP contribution in [0.3, 0.4) is 0 Å². The Labute approximate surface area is 97.2 Å². The number of hydrogen-bond acceptors (Lipinski definition) is 2. The Morgan fingerprint density at radius 3 is 2.00 bits per heavy atom. The smallest absolute Gasteiger partial charge is 0.324 e. The molecule has 1 saturated carbocycles. The van der Waals surface area contributed by atoms with E-state index in [-0.39, 0.29) is 12.4 Å². The predicted octanol–water partition coefficient (Wildman–Crippen LogP) is 2.29. The van der Waals surface area contributed by atoms with E-state index in [2.05, 4.69) is 4.90 Å². The van der Waals surface area contributed by atoms with Crippen LogP contribution in [-0.4, -0.2) is 34.6 Å². The van der Waals surface area contributed by atoms with E-state index in [1.807, 2.05) is 0 Å². The van der Waals surface area contributed by atoms with E-state index < -0.39 is 11.5 Å². The number of carboxylic acids is 1. The summed E-state index contributed by atoms with van der Waals surface area (Å²) in [4.78, 5) is 13.6. The van der Waals surface area contributed by atoms with Gasteiger partial charge in [0.05, 0.1) is 0 Å². The molecule has 2 aliphatic rings. The summed E-state index contributed by atoms with van der Waals surface area (Å²) in [5.74, 6) is -0.584. The van der Waals surface area contributed by atoms with Gasteiger partial charge < -0.3 is 5.11 Å². The third-order valence-electron chi connectivity index (χ3n) is 3.79. The van der Waals surface area contributed by atoms with Crippen molar-refractivity contribution >= 4 is 18.4 Å². The zero-order valence-electron chi connectivity index (χ0n) is 9.07. The van der Waals surface area contributed by atoms with Crippen LogP contribution >= 0.6 is 12.4 Å². The first-order valence-electron chi connectivity index (χ1n) is 5.74. The fourth-order valence-electron chi connectivity index (χ4n) is 2.95. The van der Waals surface area contributed by atoms with Crippen molar-refractivity contribution < 1.29 is 9.90 Å². The van der Waals surface area contributed by atoms with Gasteiger partial charge in [0.15, 0.2) is 0 Å². The lowest BCUT2D eigenvalue weighted by atomic mass is 9.80. The molecule has 0 aromatic carbocycles. The van der Waals surface area contributed by atoms with Crippen molar-refractivity contribution in [2.45, 2.75) is 50.5 Å². The number of hydrogen-bond donors (Lipinski definition) is 1. The molecule has 1 aliphatic carbocycles. The van der Waals surface area contributed by atoms with Gasteiger partial charge in [0.1, 0.15) is 5.54 Å². The maximum absolute atomic E-state index is 11.4. The molecule has 0 unspecified atom stereocenters. The quantitative estimate of drug-likeness (QED) is 0.796. The Morgan fingerprint density at radius 1 is 1.00 bits per heavy atom. The highest BCUT2D eigenvalue weighted by Crippen LogP contribution is 2.36. The first-order valence-corrected chi connectivity index (χ1v) is 5.74. The Hall–Kier alpha value is -0.280. The highest BCUT2D eigenvalue weighted by molar-refractivity contribution is 5.85. The Kier molecular flexibility index (Phi) is 4.41. The van der Waals surface area contributed by atoms with Gasteiger partial charge in [-0.15, -0.1) is 12.4 Å². The van der Waals surface area contributed by atoms with Crippen LogP contribution in [0.1, 0.15) is 44.9 Å². The molecule has 1 heterocycles. The van der Waals surface area contributed by atoms with Crippen molar-refractivity contribution in [3.05, 3.63) is 0 Å². The fourth-order valence-corrected chi connectivity index (χ4v) is 2.95. The molecular weight excluding hydrogens is 214 g/mol. The largest absolute Gasteiger partial charge is 0.480 e. The molecule has 88 valence electrons. The third-order valence-corrected chi connectivity index (χ3v) is 3.79. The summed E-state index contributed by atoms with van der Waals surface area (Å²) in [6, 6.07) is 0. The molecule has 0 aromatic rings. The minimum absolute atomic E-state index is 0. The number of aliphatic carboxylic acids is 1. The van der Waals surface area contributed by atoms with Crippen molar-refractivity contribution in [1.29, 1.82) is 0 Å². The molecule has 2 fully saturated rings. The second-order valence-electron chi connectivity index (χ2n) is 4.59. The maximum atomic E-state index is 11.4. The molecule has 0 aromatic heterocycles. The minimum Gasteiger partial charge on any atom is -0.480 e. The molecular formula is C11H20ClNO2. The van der Waals surface area contributed by atoms with Gasteiger partial charge >= 0.3 is 5.97 Å². The first kappa shape index (κ1) is 12.8. The van der Waals surface area contributed by atoms with Crippen LogP contribution in [0.15, 0.2) is 0 Å². The van der Waals surface area contributed by atoms with Gasteiger partial charge in [-0.3, -0.25) is 9.69 Å². The van der Waals surface area contributed by atoms with E-state index in [1.165, 1.54) is 19.3 Å². The summed E-state index contributed by atoms with van der Waals surface area (Å²) < 4.78 is 0. The van der Waals surface area contributed by atoms with Crippen molar-refractivity contribution in [2.75, 3.05) is 13.1 Å². The lowest BCUT2D eigenvalue weighted by Gasteiger charge is -2.40. The van der Waals surface area contributed by atoms with Gasteiger partial charge in [-0.1, -0.05) is 19.3 Å². The van der Waals surface area contributed by atoms with Gasteiger partial charge in [0.2, 0.25) is 0 Å². The van der Waals surface area contributed by atoms with Crippen LogP contribution in [0.25, 0.3) is 0 Å². The number of nitrogens with zero attached hydrogens (tertiary/aromatic N) is 1. The molecule has 4 heteroatoms. The summed E-state index contributed by atoms with van der Waals surface area (Å²) in [6.45, 7) is 1.98. The van der Waals surface area contributed by atoms with Crippen LogP contribution in [0.4, 0.5) is 0 Å². The molecule has 1 saturated heterocycles. The highest BCUT2D eigenvalue weighted by Gasteiger charge is 2.45. The molecule has 1 aliphatic heterocycles. The zero-order chi connectivity index (χ0) is 10.0. The molecule has 15 heavy (non-hydrogen) atoms. The molecule has 0 amide bonds. The number of rotatable bonds is 2. The minimum atomic E-state index is -0.584. The zero-order valence-corrected chi connectivity index (χ0v) is 9.89. The average Bonchev–Trinajstić information content (AvgIpc) is 2.72. The van der Waals surface area contributed by atoms with Crippen LogP contribution in [0.5, 0.6) is 0 Å². The Bertz CT molecular complexity index is 221. The van der Waals surface area contributed by atoms with E-state index in [0.29, 0.717) is 0 Å². The van der Waals surface area contributed by atoms with Crippen LogP contribution in [-0.2, 0) is 4.79 Å². The molecule has 0 radical (unpaired) electrons. The van der Waals surface area contributed by atoms with Crippen molar-refractivity contribution in [1.82, 2.24) is 4.90 Å².